The summed E-state index contributed by atoms with van der Waals surface area (Å²) >= 11 is 0. The Labute approximate surface area is 104 Å². The maximum absolute atomic E-state index is 5.12. The molecule has 0 aliphatic carbocycles. The summed E-state index contributed by atoms with van der Waals surface area (Å²) in [6, 6.07) is 8.71. The Morgan fingerprint density at radius 3 is 2.71 bits per heavy atom. The molecule has 2 rings (SSSR count). The van der Waals surface area contributed by atoms with Crippen LogP contribution >= 0.6 is 0 Å². The van der Waals surface area contributed by atoms with E-state index in [0.29, 0.717) is 12.5 Å². The molecule has 94 valence electrons. The van der Waals surface area contributed by atoms with Gasteiger partial charge in [-0.1, -0.05) is 24.3 Å². The summed E-state index contributed by atoms with van der Waals surface area (Å²) in [7, 11) is 2.20. The SMILES string of the molecule is CN1CCC(c2ccccc2CCON)CC1. The first kappa shape index (κ1) is 12.6. The summed E-state index contributed by atoms with van der Waals surface area (Å²) in [5.74, 6) is 5.82. The Kier molecular flexibility index (Phi) is 4.54. The average molecular weight is 234 g/mol. The highest BCUT2D eigenvalue weighted by molar-refractivity contribution is 5.31. The van der Waals surface area contributed by atoms with Crippen LogP contribution in [0, 0.1) is 0 Å². The molecule has 3 nitrogen and oxygen atoms in total. The molecule has 0 bridgehead atoms. The van der Waals surface area contributed by atoms with Gasteiger partial charge in [0.15, 0.2) is 0 Å². The van der Waals surface area contributed by atoms with E-state index in [1.807, 2.05) is 0 Å². The molecule has 3 heteroatoms. The van der Waals surface area contributed by atoms with Gasteiger partial charge >= 0.3 is 0 Å². The molecule has 1 saturated heterocycles. The molecule has 1 fully saturated rings. The van der Waals surface area contributed by atoms with Crippen LogP contribution in [0.2, 0.25) is 0 Å². The molecule has 1 aliphatic heterocycles. The lowest BCUT2D eigenvalue weighted by atomic mass is 9.86. The monoisotopic (exact) mass is 234 g/mol. The van der Waals surface area contributed by atoms with Gasteiger partial charge in [0, 0.05) is 0 Å². The maximum Gasteiger partial charge on any atom is 0.0719 e. The summed E-state index contributed by atoms with van der Waals surface area (Å²) < 4.78 is 0. The highest BCUT2D eigenvalue weighted by atomic mass is 16.6. The first-order chi connectivity index (χ1) is 8.31. The Morgan fingerprint density at radius 1 is 1.29 bits per heavy atom. The fourth-order valence-corrected chi connectivity index (χ4v) is 2.65. The van der Waals surface area contributed by atoms with E-state index in [4.69, 9.17) is 10.7 Å². The van der Waals surface area contributed by atoms with Crippen molar-refractivity contribution in [1.29, 1.82) is 0 Å². The van der Waals surface area contributed by atoms with E-state index in [0.717, 1.165) is 6.42 Å². The number of likely N-dealkylation sites (tertiary alicyclic amines) is 1. The summed E-state index contributed by atoms with van der Waals surface area (Å²) in [4.78, 5) is 7.10. The molecule has 0 unspecified atom stereocenters. The molecule has 0 saturated carbocycles. The molecule has 17 heavy (non-hydrogen) atoms. The summed E-state index contributed by atoms with van der Waals surface area (Å²) in [6.45, 7) is 3.00. The summed E-state index contributed by atoms with van der Waals surface area (Å²) in [6.07, 6.45) is 3.44. The second-order valence-electron chi connectivity index (χ2n) is 4.90. The number of nitrogens with two attached hydrogens (primary N) is 1. The van der Waals surface area contributed by atoms with Crippen molar-refractivity contribution in [3.05, 3.63) is 35.4 Å². The van der Waals surface area contributed by atoms with Gasteiger partial charge in [-0.05, 0) is 56.4 Å². The average Bonchev–Trinajstić information content (AvgIpc) is 2.38. The quantitative estimate of drug-likeness (QED) is 0.809. The normalized spacial score (nSPS) is 18.5. The molecule has 1 aromatic carbocycles. The third kappa shape index (κ3) is 3.28. The smallest absolute Gasteiger partial charge is 0.0719 e. The molecule has 0 spiro atoms. The zero-order chi connectivity index (χ0) is 12.1. The van der Waals surface area contributed by atoms with Crippen molar-refractivity contribution < 1.29 is 4.84 Å². The van der Waals surface area contributed by atoms with Crippen molar-refractivity contribution in [3.63, 3.8) is 0 Å². The third-order valence-electron chi connectivity index (χ3n) is 3.70. The summed E-state index contributed by atoms with van der Waals surface area (Å²) in [5.41, 5.74) is 2.89. The molecule has 0 aromatic heterocycles. The van der Waals surface area contributed by atoms with Crippen LogP contribution in [0.5, 0.6) is 0 Å². The Bertz CT molecular complexity index is 346. The molecular formula is C14H22N2O. The minimum atomic E-state index is 0.601. The van der Waals surface area contributed by atoms with Gasteiger partial charge in [-0.2, -0.15) is 0 Å². The van der Waals surface area contributed by atoms with Crippen LogP contribution in [-0.2, 0) is 11.3 Å². The minimum absolute atomic E-state index is 0.601. The first-order valence-corrected chi connectivity index (χ1v) is 6.39. The lowest BCUT2D eigenvalue weighted by molar-refractivity contribution is 0.141. The highest BCUT2D eigenvalue weighted by Crippen LogP contribution is 2.30. The van der Waals surface area contributed by atoms with E-state index < -0.39 is 0 Å². The standard InChI is InChI=1S/C14H22N2O/c1-16-9-6-13(7-10-16)14-5-3-2-4-12(14)8-11-17-15/h2-5,13H,6-11,15H2,1H3. The van der Waals surface area contributed by atoms with Crippen LogP contribution in [0.4, 0.5) is 0 Å². The van der Waals surface area contributed by atoms with E-state index in [-0.39, 0.29) is 0 Å². The Balaban J connectivity index is 2.08. The van der Waals surface area contributed by atoms with Crippen LogP contribution < -0.4 is 5.90 Å². The van der Waals surface area contributed by atoms with Crippen LogP contribution in [0.15, 0.2) is 24.3 Å². The lowest BCUT2D eigenvalue weighted by Gasteiger charge is -2.30. The van der Waals surface area contributed by atoms with Crippen LogP contribution in [0.25, 0.3) is 0 Å². The van der Waals surface area contributed by atoms with E-state index in [9.17, 15) is 0 Å². The van der Waals surface area contributed by atoms with Gasteiger partial charge in [-0.15, -0.1) is 0 Å². The fraction of sp³-hybridized carbons (Fsp3) is 0.571. The van der Waals surface area contributed by atoms with Gasteiger partial charge in [-0.25, -0.2) is 5.90 Å². The van der Waals surface area contributed by atoms with E-state index in [2.05, 4.69) is 36.2 Å². The predicted octanol–water partition coefficient (Wildman–Crippen LogP) is 1.93. The van der Waals surface area contributed by atoms with Gasteiger partial charge in [0.2, 0.25) is 0 Å². The van der Waals surface area contributed by atoms with Crippen molar-refractivity contribution in [1.82, 2.24) is 4.90 Å². The van der Waals surface area contributed by atoms with Crippen molar-refractivity contribution in [2.75, 3.05) is 26.7 Å². The van der Waals surface area contributed by atoms with Crippen molar-refractivity contribution in [2.24, 2.45) is 5.90 Å². The minimum Gasteiger partial charge on any atom is -0.306 e. The molecule has 1 aromatic rings. The third-order valence-corrected chi connectivity index (χ3v) is 3.70. The molecule has 0 amide bonds. The maximum atomic E-state index is 5.12. The van der Waals surface area contributed by atoms with Crippen molar-refractivity contribution >= 4 is 0 Å². The zero-order valence-electron chi connectivity index (χ0n) is 10.6. The highest BCUT2D eigenvalue weighted by Gasteiger charge is 2.20. The number of piperidine rings is 1. The largest absolute Gasteiger partial charge is 0.306 e. The summed E-state index contributed by atoms with van der Waals surface area (Å²) in [5, 5.41) is 0. The van der Waals surface area contributed by atoms with Crippen LogP contribution in [0.1, 0.15) is 29.9 Å². The van der Waals surface area contributed by atoms with Crippen molar-refractivity contribution in [2.45, 2.75) is 25.2 Å². The molecular weight excluding hydrogens is 212 g/mol. The Morgan fingerprint density at radius 2 is 2.00 bits per heavy atom. The number of rotatable bonds is 4. The number of hydrogen-bond donors (Lipinski definition) is 1. The van der Waals surface area contributed by atoms with E-state index >= 15 is 0 Å². The number of benzene rings is 1. The number of nitrogens with zero attached hydrogens (tertiary/aromatic N) is 1. The molecule has 0 radical (unpaired) electrons. The topological polar surface area (TPSA) is 38.5 Å². The zero-order valence-corrected chi connectivity index (χ0v) is 10.6. The van der Waals surface area contributed by atoms with Gasteiger partial charge in [-0.3, -0.25) is 0 Å². The lowest BCUT2D eigenvalue weighted by Crippen LogP contribution is -2.29. The first-order valence-electron chi connectivity index (χ1n) is 6.39. The predicted molar refractivity (Wildman–Crippen MR) is 69.8 cm³/mol. The van der Waals surface area contributed by atoms with Crippen LogP contribution in [-0.4, -0.2) is 31.6 Å². The van der Waals surface area contributed by atoms with Crippen LogP contribution in [0.3, 0.4) is 0 Å². The Hall–Kier alpha value is -0.900. The van der Waals surface area contributed by atoms with Gasteiger partial charge < -0.3 is 9.74 Å². The number of hydrogen-bond acceptors (Lipinski definition) is 3. The molecule has 2 N–H and O–H groups in total. The van der Waals surface area contributed by atoms with Crippen molar-refractivity contribution in [3.8, 4) is 0 Å². The second kappa shape index (κ2) is 6.15. The van der Waals surface area contributed by atoms with E-state index in [1.165, 1.54) is 37.1 Å². The van der Waals surface area contributed by atoms with Gasteiger partial charge in [0.25, 0.3) is 0 Å². The molecule has 1 aliphatic rings. The van der Waals surface area contributed by atoms with Gasteiger partial charge in [0.05, 0.1) is 6.61 Å². The molecule has 1 heterocycles. The fourth-order valence-electron chi connectivity index (χ4n) is 2.65. The van der Waals surface area contributed by atoms with E-state index in [1.54, 1.807) is 0 Å². The van der Waals surface area contributed by atoms with Gasteiger partial charge in [0.1, 0.15) is 0 Å². The second-order valence-corrected chi connectivity index (χ2v) is 4.90. The molecule has 0 atom stereocenters.